The monoisotopic (exact) mass is 349 g/mol. The molecule has 0 aliphatic rings. The van der Waals surface area contributed by atoms with Gasteiger partial charge in [0.2, 0.25) is 0 Å². The molecule has 0 aliphatic carbocycles. The molecule has 0 spiro atoms. The van der Waals surface area contributed by atoms with Crippen LogP contribution >= 0.6 is 23.2 Å². The zero-order chi connectivity index (χ0) is 16.6. The van der Waals surface area contributed by atoms with E-state index in [0.717, 1.165) is 5.39 Å². The lowest BCUT2D eigenvalue weighted by atomic mass is 10.2. The van der Waals surface area contributed by atoms with Crippen molar-refractivity contribution in [3.63, 3.8) is 0 Å². The number of anilines is 1. The van der Waals surface area contributed by atoms with Gasteiger partial charge >= 0.3 is 0 Å². The summed E-state index contributed by atoms with van der Waals surface area (Å²) in [5.74, 6) is -0.423. The van der Waals surface area contributed by atoms with Crippen molar-refractivity contribution in [1.29, 1.82) is 0 Å². The second kappa shape index (κ2) is 5.91. The second-order valence-corrected chi connectivity index (χ2v) is 5.58. The first kappa shape index (κ1) is 15.3. The Morgan fingerprint density at radius 1 is 1.13 bits per heavy atom. The Hall–Kier alpha value is -2.57. The van der Waals surface area contributed by atoms with Crippen LogP contribution < -0.4 is 5.32 Å². The number of amides is 1. The van der Waals surface area contributed by atoms with Crippen LogP contribution in [0.15, 0.2) is 42.5 Å². The van der Waals surface area contributed by atoms with Gasteiger partial charge in [0.05, 0.1) is 26.2 Å². The van der Waals surface area contributed by atoms with E-state index in [1.54, 1.807) is 18.2 Å². The average molecular weight is 350 g/mol. The van der Waals surface area contributed by atoms with E-state index in [9.17, 15) is 14.9 Å². The quantitative estimate of drug-likeness (QED) is 0.533. The summed E-state index contributed by atoms with van der Waals surface area (Å²) in [4.78, 5) is 25.3. The molecule has 23 heavy (non-hydrogen) atoms. The smallest absolute Gasteiger partial charge is 0.272 e. The van der Waals surface area contributed by atoms with E-state index in [2.05, 4.69) is 10.3 Å². The summed E-state index contributed by atoms with van der Waals surface area (Å²) in [5, 5.41) is 14.7. The van der Waals surface area contributed by atoms with Crippen LogP contribution in [0.2, 0.25) is 10.0 Å². The van der Waals surface area contributed by atoms with Gasteiger partial charge in [-0.3, -0.25) is 14.9 Å². The molecule has 0 radical (unpaired) electrons. The fraction of sp³-hybridized carbons (Fsp3) is 0. The number of H-pyrrole nitrogens is 1. The van der Waals surface area contributed by atoms with Crippen molar-refractivity contribution in [3.05, 3.63) is 68.3 Å². The first-order valence-corrected chi connectivity index (χ1v) is 7.24. The van der Waals surface area contributed by atoms with Crippen molar-refractivity contribution in [3.8, 4) is 0 Å². The number of non-ortho nitro benzene ring substituents is 1. The molecule has 0 bridgehead atoms. The number of para-hydroxylation sites is 1. The van der Waals surface area contributed by atoms with Gasteiger partial charge in [-0.15, -0.1) is 0 Å². The first-order valence-electron chi connectivity index (χ1n) is 6.48. The van der Waals surface area contributed by atoms with E-state index in [0.29, 0.717) is 16.2 Å². The highest BCUT2D eigenvalue weighted by atomic mass is 35.5. The zero-order valence-corrected chi connectivity index (χ0v) is 13.0. The highest BCUT2D eigenvalue weighted by molar-refractivity contribution is 6.35. The van der Waals surface area contributed by atoms with Gasteiger partial charge < -0.3 is 10.3 Å². The summed E-state index contributed by atoms with van der Waals surface area (Å²) in [6.45, 7) is 0. The van der Waals surface area contributed by atoms with Crippen molar-refractivity contribution in [2.24, 2.45) is 0 Å². The summed E-state index contributed by atoms with van der Waals surface area (Å²) in [6.07, 6.45) is 0. The Balaban J connectivity index is 1.88. The molecular formula is C15H9Cl2N3O3. The molecule has 0 fully saturated rings. The number of aromatic nitrogens is 1. The third-order valence-electron chi connectivity index (χ3n) is 3.26. The summed E-state index contributed by atoms with van der Waals surface area (Å²) in [5.41, 5.74) is 1.11. The molecule has 0 saturated heterocycles. The summed E-state index contributed by atoms with van der Waals surface area (Å²) in [6, 6.07) is 10.8. The number of halogens is 2. The number of nitro benzene ring substituents is 1. The van der Waals surface area contributed by atoms with Crippen LogP contribution in [0.4, 0.5) is 11.4 Å². The molecule has 1 aromatic heterocycles. The van der Waals surface area contributed by atoms with Crippen molar-refractivity contribution in [2.75, 3.05) is 5.32 Å². The number of nitrogens with one attached hydrogen (secondary N) is 2. The van der Waals surface area contributed by atoms with Crippen LogP contribution in [0.25, 0.3) is 10.9 Å². The minimum atomic E-state index is -0.558. The van der Waals surface area contributed by atoms with E-state index in [4.69, 9.17) is 23.2 Å². The van der Waals surface area contributed by atoms with E-state index >= 15 is 0 Å². The standard InChI is InChI=1S/C15H9Cl2N3O3/c16-10-3-1-2-8-6-13(18-14(8)10)15(21)19-12-5-4-9(20(22)23)7-11(12)17/h1-7,18H,(H,19,21). The molecule has 2 aromatic carbocycles. The Labute approximate surface area is 140 Å². The number of aromatic amines is 1. The van der Waals surface area contributed by atoms with Crippen LogP contribution in [0.5, 0.6) is 0 Å². The fourth-order valence-electron chi connectivity index (χ4n) is 2.15. The highest BCUT2D eigenvalue weighted by Crippen LogP contribution is 2.28. The first-order chi connectivity index (χ1) is 11.0. The number of fused-ring (bicyclic) bond motifs is 1. The lowest BCUT2D eigenvalue weighted by Crippen LogP contribution is -2.12. The molecule has 0 aliphatic heterocycles. The van der Waals surface area contributed by atoms with Crippen molar-refractivity contribution < 1.29 is 9.72 Å². The highest BCUT2D eigenvalue weighted by Gasteiger charge is 2.15. The summed E-state index contributed by atoms with van der Waals surface area (Å²) < 4.78 is 0. The van der Waals surface area contributed by atoms with Crippen LogP contribution in [0, 0.1) is 10.1 Å². The summed E-state index contributed by atoms with van der Waals surface area (Å²) >= 11 is 12.0. The van der Waals surface area contributed by atoms with Gasteiger partial charge in [0.15, 0.2) is 0 Å². The lowest BCUT2D eigenvalue weighted by molar-refractivity contribution is -0.384. The molecule has 0 unspecified atom stereocenters. The molecule has 0 atom stereocenters. The van der Waals surface area contributed by atoms with Gasteiger partial charge in [-0.25, -0.2) is 0 Å². The molecule has 3 aromatic rings. The second-order valence-electron chi connectivity index (χ2n) is 4.76. The van der Waals surface area contributed by atoms with Crippen LogP contribution in [0.1, 0.15) is 10.5 Å². The number of nitrogens with zero attached hydrogens (tertiary/aromatic N) is 1. The molecule has 116 valence electrons. The number of benzene rings is 2. The third-order valence-corrected chi connectivity index (χ3v) is 3.89. The molecular weight excluding hydrogens is 341 g/mol. The predicted octanol–water partition coefficient (Wildman–Crippen LogP) is 4.64. The van der Waals surface area contributed by atoms with Gasteiger partial charge in [0.25, 0.3) is 11.6 Å². The van der Waals surface area contributed by atoms with Crippen LogP contribution in [-0.4, -0.2) is 15.8 Å². The fourth-order valence-corrected chi connectivity index (χ4v) is 2.60. The number of hydrogen-bond donors (Lipinski definition) is 2. The number of carbonyl (C=O) groups excluding carboxylic acids is 1. The topological polar surface area (TPSA) is 88.0 Å². The van der Waals surface area contributed by atoms with E-state index in [1.807, 2.05) is 6.07 Å². The van der Waals surface area contributed by atoms with Crippen molar-refractivity contribution in [2.45, 2.75) is 0 Å². The molecule has 1 heterocycles. The maximum atomic E-state index is 12.3. The van der Waals surface area contributed by atoms with Gasteiger partial charge in [-0.05, 0) is 18.2 Å². The Kier molecular flexibility index (Phi) is 3.94. The average Bonchev–Trinajstić information content (AvgIpc) is 2.95. The molecule has 8 heteroatoms. The van der Waals surface area contributed by atoms with Crippen LogP contribution in [0.3, 0.4) is 0 Å². The Morgan fingerprint density at radius 2 is 1.91 bits per heavy atom. The third kappa shape index (κ3) is 2.99. The molecule has 1 amide bonds. The number of carbonyl (C=O) groups is 1. The molecule has 3 rings (SSSR count). The summed E-state index contributed by atoms with van der Waals surface area (Å²) in [7, 11) is 0. The zero-order valence-electron chi connectivity index (χ0n) is 11.5. The molecule has 0 saturated carbocycles. The van der Waals surface area contributed by atoms with Gasteiger partial charge in [-0.2, -0.15) is 0 Å². The van der Waals surface area contributed by atoms with Crippen molar-refractivity contribution >= 4 is 51.4 Å². The van der Waals surface area contributed by atoms with E-state index < -0.39 is 10.8 Å². The minimum absolute atomic E-state index is 0.0849. The van der Waals surface area contributed by atoms with Gasteiger partial charge in [0.1, 0.15) is 5.69 Å². The van der Waals surface area contributed by atoms with E-state index in [-0.39, 0.29) is 16.4 Å². The number of nitro groups is 1. The van der Waals surface area contributed by atoms with Crippen molar-refractivity contribution in [1.82, 2.24) is 4.98 Å². The Morgan fingerprint density at radius 3 is 2.57 bits per heavy atom. The van der Waals surface area contributed by atoms with Crippen LogP contribution in [-0.2, 0) is 0 Å². The number of hydrogen-bond acceptors (Lipinski definition) is 3. The predicted molar refractivity (Wildman–Crippen MR) is 89.4 cm³/mol. The Bertz CT molecular complexity index is 937. The largest absolute Gasteiger partial charge is 0.349 e. The maximum Gasteiger partial charge on any atom is 0.272 e. The number of rotatable bonds is 3. The van der Waals surface area contributed by atoms with Gasteiger partial charge in [0, 0.05) is 17.5 Å². The lowest BCUT2D eigenvalue weighted by Gasteiger charge is -2.05. The maximum absolute atomic E-state index is 12.3. The van der Waals surface area contributed by atoms with Gasteiger partial charge in [-0.1, -0.05) is 35.3 Å². The van der Waals surface area contributed by atoms with E-state index in [1.165, 1.54) is 18.2 Å². The SMILES string of the molecule is O=C(Nc1ccc([N+](=O)[O-])cc1Cl)c1cc2cccc(Cl)c2[nH]1. The molecule has 6 nitrogen and oxygen atoms in total. The normalized spacial score (nSPS) is 10.7. The molecule has 2 N–H and O–H groups in total. The minimum Gasteiger partial charge on any atom is -0.349 e.